The number of hydrogen-bond donors (Lipinski definition) is 4. The van der Waals surface area contributed by atoms with Crippen molar-refractivity contribution in [3.8, 4) is 0 Å². The van der Waals surface area contributed by atoms with Gasteiger partial charge in [0.2, 0.25) is 0 Å². The highest BCUT2D eigenvalue weighted by atomic mass is 32.2. The molecule has 132 valence electrons. The Balaban J connectivity index is 2.09. The van der Waals surface area contributed by atoms with Gasteiger partial charge in [0, 0.05) is 46.9 Å². The van der Waals surface area contributed by atoms with Crippen LogP contribution in [0.25, 0.3) is 21.8 Å². The largest absolute Gasteiger partial charge is 0.399 e. The van der Waals surface area contributed by atoms with Crippen LogP contribution in [-0.4, -0.2) is 40.7 Å². The van der Waals surface area contributed by atoms with Crippen LogP contribution in [0.15, 0.2) is 41.3 Å². The van der Waals surface area contributed by atoms with Gasteiger partial charge in [-0.1, -0.05) is 0 Å². The lowest BCUT2D eigenvalue weighted by molar-refractivity contribution is 0.292. The summed E-state index contributed by atoms with van der Waals surface area (Å²) in [4.78, 5) is 5.90. The van der Waals surface area contributed by atoms with E-state index in [-0.39, 0.29) is 13.2 Å². The fourth-order valence-corrected chi connectivity index (χ4v) is 3.64. The number of rotatable bonds is 8. The molecule has 6 heteroatoms. The van der Waals surface area contributed by atoms with Gasteiger partial charge in [-0.05, 0) is 49.2 Å². The number of nitrogen functional groups attached to an aromatic ring is 1. The van der Waals surface area contributed by atoms with Crippen molar-refractivity contribution >= 4 is 44.9 Å². The number of anilines is 2. The van der Waals surface area contributed by atoms with Gasteiger partial charge in [-0.15, -0.1) is 11.8 Å². The molecule has 5 N–H and O–H groups in total. The van der Waals surface area contributed by atoms with Crippen LogP contribution in [0.1, 0.15) is 12.8 Å². The molecule has 0 unspecified atom stereocenters. The Morgan fingerprint density at radius 1 is 0.960 bits per heavy atom. The summed E-state index contributed by atoms with van der Waals surface area (Å²) in [5.41, 5.74) is 9.51. The van der Waals surface area contributed by atoms with Gasteiger partial charge in [0.1, 0.15) is 0 Å². The number of thioether (sulfide) groups is 1. The van der Waals surface area contributed by atoms with Crippen molar-refractivity contribution in [3.05, 3.63) is 36.4 Å². The molecular formula is C19H23N3O2S. The zero-order valence-corrected chi connectivity index (χ0v) is 14.9. The van der Waals surface area contributed by atoms with Crippen molar-refractivity contribution in [1.82, 2.24) is 4.98 Å². The Kier molecular flexibility index (Phi) is 5.96. The predicted molar refractivity (Wildman–Crippen MR) is 106 cm³/mol. The van der Waals surface area contributed by atoms with Crippen LogP contribution in [0.5, 0.6) is 0 Å². The van der Waals surface area contributed by atoms with Crippen LogP contribution in [0.2, 0.25) is 0 Å². The summed E-state index contributed by atoms with van der Waals surface area (Å²) < 4.78 is 0. The van der Waals surface area contributed by atoms with Gasteiger partial charge in [-0.25, -0.2) is 4.98 Å². The highest BCUT2D eigenvalue weighted by molar-refractivity contribution is 7.99. The van der Waals surface area contributed by atoms with Gasteiger partial charge in [0.15, 0.2) is 0 Å². The number of fused-ring (bicyclic) bond motifs is 2. The second kappa shape index (κ2) is 8.38. The van der Waals surface area contributed by atoms with E-state index in [1.807, 2.05) is 24.3 Å². The van der Waals surface area contributed by atoms with Gasteiger partial charge in [-0.3, -0.25) is 0 Å². The van der Waals surface area contributed by atoms with E-state index < -0.39 is 0 Å². The Bertz CT molecular complexity index is 870. The molecule has 2 aromatic carbocycles. The van der Waals surface area contributed by atoms with Crippen LogP contribution in [-0.2, 0) is 0 Å². The van der Waals surface area contributed by atoms with Gasteiger partial charge >= 0.3 is 0 Å². The molecule has 0 amide bonds. The topological polar surface area (TPSA) is 91.4 Å². The monoisotopic (exact) mass is 357 g/mol. The van der Waals surface area contributed by atoms with Crippen LogP contribution >= 0.6 is 11.8 Å². The standard InChI is InChI=1S/C19H23N3O2S/c20-13-3-5-17-15(11-13)19(21-7-1-8-23)16-12-14(25-10-2-9-24)4-6-18(16)22-17/h3-6,11-12,23-24H,1-2,7-10,20H2,(H,21,22). The van der Waals surface area contributed by atoms with Crippen molar-refractivity contribution in [2.75, 3.05) is 36.6 Å². The third-order valence-electron chi connectivity index (χ3n) is 3.98. The molecule has 3 rings (SSSR count). The molecule has 0 fully saturated rings. The van der Waals surface area contributed by atoms with Gasteiger partial charge in [0.05, 0.1) is 16.7 Å². The van der Waals surface area contributed by atoms with Crippen molar-refractivity contribution in [1.29, 1.82) is 0 Å². The molecule has 0 aliphatic carbocycles. The van der Waals surface area contributed by atoms with E-state index >= 15 is 0 Å². The Morgan fingerprint density at radius 3 is 2.44 bits per heavy atom. The van der Waals surface area contributed by atoms with Crippen LogP contribution in [0.3, 0.4) is 0 Å². The third-order valence-corrected chi connectivity index (χ3v) is 5.06. The van der Waals surface area contributed by atoms with E-state index in [1.54, 1.807) is 11.8 Å². The first-order chi connectivity index (χ1) is 12.2. The highest BCUT2D eigenvalue weighted by Crippen LogP contribution is 2.34. The van der Waals surface area contributed by atoms with E-state index in [0.29, 0.717) is 18.7 Å². The third kappa shape index (κ3) is 4.15. The fraction of sp³-hybridized carbons (Fsp3) is 0.316. The number of nitrogens with two attached hydrogens (primary N) is 1. The zero-order valence-electron chi connectivity index (χ0n) is 14.0. The van der Waals surface area contributed by atoms with E-state index in [1.165, 1.54) is 0 Å². The first-order valence-electron chi connectivity index (χ1n) is 8.44. The fourth-order valence-electron chi connectivity index (χ4n) is 2.77. The number of benzene rings is 2. The number of nitrogens with zero attached hydrogens (tertiary/aromatic N) is 1. The summed E-state index contributed by atoms with van der Waals surface area (Å²) in [6.45, 7) is 1.04. The number of aliphatic hydroxyl groups is 2. The molecule has 0 atom stereocenters. The van der Waals surface area contributed by atoms with Gasteiger partial charge in [-0.2, -0.15) is 0 Å². The molecule has 0 aliphatic rings. The van der Waals surface area contributed by atoms with E-state index in [0.717, 1.165) is 44.6 Å². The molecule has 3 aromatic rings. The van der Waals surface area contributed by atoms with E-state index in [4.69, 9.17) is 20.9 Å². The van der Waals surface area contributed by atoms with E-state index in [9.17, 15) is 0 Å². The summed E-state index contributed by atoms with van der Waals surface area (Å²) in [5, 5.41) is 23.5. The Morgan fingerprint density at radius 2 is 1.68 bits per heavy atom. The lowest BCUT2D eigenvalue weighted by Gasteiger charge is -2.14. The first kappa shape index (κ1) is 17.8. The number of nitrogens with one attached hydrogen (secondary N) is 1. The van der Waals surface area contributed by atoms with Gasteiger partial charge < -0.3 is 21.3 Å². The molecule has 0 radical (unpaired) electrons. The summed E-state index contributed by atoms with van der Waals surface area (Å²) in [6, 6.07) is 12.0. The number of aromatic nitrogens is 1. The maximum atomic E-state index is 9.08. The first-order valence-corrected chi connectivity index (χ1v) is 9.43. The van der Waals surface area contributed by atoms with E-state index in [2.05, 4.69) is 17.4 Å². The SMILES string of the molecule is Nc1ccc2nc3ccc(SCCCO)cc3c(NCCCO)c2c1. The Labute approximate surface area is 151 Å². The number of pyridine rings is 1. The molecule has 1 aromatic heterocycles. The summed E-state index contributed by atoms with van der Waals surface area (Å²) >= 11 is 1.73. The van der Waals surface area contributed by atoms with Crippen molar-refractivity contribution in [2.24, 2.45) is 0 Å². The van der Waals surface area contributed by atoms with Crippen molar-refractivity contribution < 1.29 is 10.2 Å². The lowest BCUT2D eigenvalue weighted by Crippen LogP contribution is -2.05. The maximum absolute atomic E-state index is 9.08. The molecule has 25 heavy (non-hydrogen) atoms. The highest BCUT2D eigenvalue weighted by Gasteiger charge is 2.10. The minimum absolute atomic E-state index is 0.151. The van der Waals surface area contributed by atoms with Crippen LogP contribution < -0.4 is 11.1 Å². The Hall–Kier alpha value is -2.02. The average molecular weight is 357 g/mol. The molecule has 0 spiro atoms. The minimum Gasteiger partial charge on any atom is -0.399 e. The van der Waals surface area contributed by atoms with Gasteiger partial charge in [0.25, 0.3) is 0 Å². The quantitative estimate of drug-likeness (QED) is 0.214. The van der Waals surface area contributed by atoms with Crippen LogP contribution in [0, 0.1) is 0 Å². The maximum Gasteiger partial charge on any atom is 0.0732 e. The summed E-state index contributed by atoms with van der Waals surface area (Å²) in [5.74, 6) is 0.878. The second-order valence-electron chi connectivity index (χ2n) is 5.87. The molecule has 0 aliphatic heterocycles. The smallest absolute Gasteiger partial charge is 0.0732 e. The molecule has 0 saturated carbocycles. The predicted octanol–water partition coefficient (Wildman–Crippen LogP) is 3.24. The summed E-state index contributed by atoms with van der Waals surface area (Å²) in [7, 11) is 0. The molecule has 5 nitrogen and oxygen atoms in total. The number of hydrogen-bond acceptors (Lipinski definition) is 6. The lowest BCUT2D eigenvalue weighted by atomic mass is 10.1. The van der Waals surface area contributed by atoms with Crippen molar-refractivity contribution in [3.63, 3.8) is 0 Å². The zero-order chi connectivity index (χ0) is 17.6. The number of aliphatic hydroxyl groups excluding tert-OH is 2. The average Bonchev–Trinajstić information content (AvgIpc) is 2.62. The van der Waals surface area contributed by atoms with Crippen LogP contribution in [0.4, 0.5) is 11.4 Å². The second-order valence-corrected chi connectivity index (χ2v) is 7.04. The normalized spacial score (nSPS) is 11.3. The molecule has 0 saturated heterocycles. The minimum atomic E-state index is 0.151. The molecule has 0 bridgehead atoms. The molecule has 1 heterocycles. The summed E-state index contributed by atoms with van der Waals surface area (Å²) in [6.07, 6.45) is 1.45. The van der Waals surface area contributed by atoms with Crippen molar-refractivity contribution in [2.45, 2.75) is 17.7 Å². The molecular weight excluding hydrogens is 334 g/mol.